The minimum Gasteiger partial charge on any atom is -0.497 e. The molecule has 5 nitrogen and oxygen atoms in total. The zero-order valence-electron chi connectivity index (χ0n) is 8.49. The van der Waals surface area contributed by atoms with Gasteiger partial charge in [-0.05, 0) is 12.1 Å². The van der Waals surface area contributed by atoms with Gasteiger partial charge < -0.3 is 15.2 Å². The average Bonchev–Trinajstić information content (AvgIpc) is 2.14. The van der Waals surface area contributed by atoms with Gasteiger partial charge >= 0.3 is 5.97 Å². The molecule has 1 aromatic rings. The van der Waals surface area contributed by atoms with Gasteiger partial charge in [0.05, 0.1) is 7.11 Å². The van der Waals surface area contributed by atoms with Gasteiger partial charge in [-0.25, -0.2) is 0 Å². The standard InChI is InChI=1S/C10H10BrNO4/c1-16-8-3-6(11)2-7(4-8)12-9(13)5-10(14)15/h2-4H,5H2,1H3,(H,12,13)(H,14,15). The summed E-state index contributed by atoms with van der Waals surface area (Å²) < 4.78 is 5.73. The largest absolute Gasteiger partial charge is 0.497 e. The molecular formula is C10H10BrNO4. The van der Waals surface area contributed by atoms with Crippen molar-refractivity contribution in [3.05, 3.63) is 22.7 Å². The Balaban J connectivity index is 2.76. The summed E-state index contributed by atoms with van der Waals surface area (Å²) in [4.78, 5) is 21.5. The van der Waals surface area contributed by atoms with E-state index in [-0.39, 0.29) is 0 Å². The maximum Gasteiger partial charge on any atom is 0.312 e. The molecule has 0 aliphatic carbocycles. The second-order valence-corrected chi connectivity index (χ2v) is 3.91. The van der Waals surface area contributed by atoms with E-state index < -0.39 is 18.3 Å². The number of halogens is 1. The Morgan fingerprint density at radius 2 is 2.12 bits per heavy atom. The van der Waals surface area contributed by atoms with Crippen molar-refractivity contribution < 1.29 is 19.4 Å². The highest BCUT2D eigenvalue weighted by Gasteiger charge is 2.08. The molecule has 0 fully saturated rings. The Morgan fingerprint density at radius 1 is 1.44 bits per heavy atom. The number of benzene rings is 1. The van der Waals surface area contributed by atoms with Gasteiger partial charge in [-0.15, -0.1) is 0 Å². The molecule has 1 aromatic carbocycles. The quantitative estimate of drug-likeness (QED) is 0.829. The van der Waals surface area contributed by atoms with Crippen LogP contribution in [0.1, 0.15) is 6.42 Å². The number of carboxylic acid groups (broad SMARTS) is 1. The Labute approximate surface area is 101 Å². The molecule has 0 radical (unpaired) electrons. The summed E-state index contributed by atoms with van der Waals surface area (Å²) in [6.45, 7) is 0. The number of ether oxygens (including phenoxy) is 1. The van der Waals surface area contributed by atoms with Gasteiger partial charge in [0.2, 0.25) is 5.91 Å². The molecule has 1 amide bonds. The fourth-order valence-electron chi connectivity index (χ4n) is 1.10. The van der Waals surface area contributed by atoms with E-state index in [9.17, 15) is 9.59 Å². The topological polar surface area (TPSA) is 75.6 Å². The molecule has 2 N–H and O–H groups in total. The Morgan fingerprint density at radius 3 is 2.69 bits per heavy atom. The van der Waals surface area contributed by atoms with Crippen LogP contribution in [-0.4, -0.2) is 24.1 Å². The van der Waals surface area contributed by atoms with Crippen LogP contribution in [0.2, 0.25) is 0 Å². The van der Waals surface area contributed by atoms with Crippen molar-refractivity contribution in [2.24, 2.45) is 0 Å². The third-order valence-corrected chi connectivity index (χ3v) is 2.16. The SMILES string of the molecule is COc1cc(Br)cc(NC(=O)CC(=O)O)c1. The highest BCUT2D eigenvalue weighted by Crippen LogP contribution is 2.24. The third-order valence-electron chi connectivity index (χ3n) is 1.70. The van der Waals surface area contributed by atoms with Crippen molar-refractivity contribution in [2.75, 3.05) is 12.4 Å². The molecule has 0 aliphatic rings. The van der Waals surface area contributed by atoms with E-state index in [1.54, 1.807) is 18.2 Å². The van der Waals surface area contributed by atoms with Gasteiger partial charge in [0.15, 0.2) is 0 Å². The summed E-state index contributed by atoms with van der Waals surface area (Å²) >= 11 is 3.25. The molecule has 0 aliphatic heterocycles. The molecule has 0 saturated carbocycles. The Kier molecular flexibility index (Phi) is 4.30. The van der Waals surface area contributed by atoms with Crippen LogP contribution >= 0.6 is 15.9 Å². The van der Waals surface area contributed by atoms with Crippen LogP contribution in [0.25, 0.3) is 0 Å². The molecule has 0 atom stereocenters. The molecule has 0 unspecified atom stereocenters. The summed E-state index contributed by atoms with van der Waals surface area (Å²) in [5.41, 5.74) is 0.484. The van der Waals surface area contributed by atoms with Crippen LogP contribution < -0.4 is 10.1 Å². The van der Waals surface area contributed by atoms with E-state index >= 15 is 0 Å². The smallest absolute Gasteiger partial charge is 0.312 e. The lowest BCUT2D eigenvalue weighted by Crippen LogP contribution is -2.15. The number of aliphatic carboxylic acids is 1. The first kappa shape index (κ1) is 12.5. The summed E-state index contributed by atoms with van der Waals surface area (Å²) in [7, 11) is 1.50. The summed E-state index contributed by atoms with van der Waals surface area (Å²) in [5, 5.41) is 10.9. The minimum atomic E-state index is -1.17. The highest BCUT2D eigenvalue weighted by atomic mass is 79.9. The first-order valence-corrected chi connectivity index (χ1v) is 5.17. The molecular weight excluding hydrogens is 278 g/mol. The predicted octanol–water partition coefficient (Wildman–Crippen LogP) is 1.87. The van der Waals surface area contributed by atoms with E-state index in [2.05, 4.69) is 21.2 Å². The van der Waals surface area contributed by atoms with E-state index in [0.717, 1.165) is 4.47 Å². The van der Waals surface area contributed by atoms with Crippen LogP contribution in [0.15, 0.2) is 22.7 Å². The van der Waals surface area contributed by atoms with Crippen molar-refractivity contribution in [1.82, 2.24) is 0 Å². The average molecular weight is 288 g/mol. The van der Waals surface area contributed by atoms with Gasteiger partial charge in [-0.2, -0.15) is 0 Å². The normalized spacial score (nSPS) is 9.62. The Bertz CT molecular complexity index is 419. The number of amides is 1. The number of anilines is 1. The molecule has 0 spiro atoms. The van der Waals surface area contributed by atoms with Gasteiger partial charge in [-0.3, -0.25) is 9.59 Å². The second kappa shape index (κ2) is 5.50. The lowest BCUT2D eigenvalue weighted by Gasteiger charge is -2.07. The Hall–Kier alpha value is -1.56. The number of rotatable bonds is 4. The molecule has 0 heterocycles. The van der Waals surface area contributed by atoms with Crippen molar-refractivity contribution in [3.8, 4) is 5.75 Å². The maximum atomic E-state index is 11.2. The fraction of sp³-hybridized carbons (Fsp3) is 0.200. The zero-order valence-corrected chi connectivity index (χ0v) is 10.1. The lowest BCUT2D eigenvalue weighted by molar-refractivity contribution is -0.139. The first-order chi connectivity index (χ1) is 7.51. The molecule has 6 heteroatoms. The predicted molar refractivity (Wildman–Crippen MR) is 61.6 cm³/mol. The lowest BCUT2D eigenvalue weighted by atomic mass is 10.3. The van der Waals surface area contributed by atoms with Gasteiger partial charge in [0, 0.05) is 16.2 Å². The minimum absolute atomic E-state index is 0.484. The number of hydrogen-bond acceptors (Lipinski definition) is 3. The van der Waals surface area contributed by atoms with Gasteiger partial charge in [0.1, 0.15) is 12.2 Å². The van der Waals surface area contributed by atoms with Gasteiger partial charge in [-0.1, -0.05) is 15.9 Å². The number of carbonyl (C=O) groups excluding carboxylic acids is 1. The maximum absolute atomic E-state index is 11.2. The number of hydrogen-bond donors (Lipinski definition) is 2. The third kappa shape index (κ3) is 3.90. The molecule has 86 valence electrons. The molecule has 0 bridgehead atoms. The summed E-state index contributed by atoms with van der Waals surface area (Å²) in [5.74, 6) is -1.17. The summed E-state index contributed by atoms with van der Waals surface area (Å²) in [6, 6.07) is 4.99. The van der Waals surface area contributed by atoms with Gasteiger partial charge in [0.25, 0.3) is 0 Å². The fourth-order valence-corrected chi connectivity index (χ4v) is 1.57. The van der Waals surface area contributed by atoms with E-state index in [1.165, 1.54) is 7.11 Å². The van der Waals surface area contributed by atoms with Crippen LogP contribution in [0, 0.1) is 0 Å². The zero-order chi connectivity index (χ0) is 12.1. The molecule has 1 rings (SSSR count). The van der Waals surface area contributed by atoms with E-state index in [1.807, 2.05) is 0 Å². The van der Waals surface area contributed by atoms with Crippen LogP contribution in [0.5, 0.6) is 5.75 Å². The van der Waals surface area contributed by atoms with Crippen molar-refractivity contribution in [3.63, 3.8) is 0 Å². The molecule has 16 heavy (non-hydrogen) atoms. The molecule has 0 saturated heterocycles. The van der Waals surface area contributed by atoms with E-state index in [0.29, 0.717) is 11.4 Å². The number of methoxy groups -OCH3 is 1. The van der Waals surface area contributed by atoms with Crippen LogP contribution in [0.4, 0.5) is 5.69 Å². The summed E-state index contributed by atoms with van der Waals surface area (Å²) in [6.07, 6.45) is -0.561. The van der Waals surface area contributed by atoms with Crippen molar-refractivity contribution in [1.29, 1.82) is 0 Å². The number of carbonyl (C=O) groups is 2. The monoisotopic (exact) mass is 287 g/mol. The van der Waals surface area contributed by atoms with Crippen molar-refractivity contribution in [2.45, 2.75) is 6.42 Å². The second-order valence-electron chi connectivity index (χ2n) is 3.00. The first-order valence-electron chi connectivity index (χ1n) is 4.37. The number of nitrogens with one attached hydrogen (secondary N) is 1. The van der Waals surface area contributed by atoms with Crippen molar-refractivity contribution >= 4 is 33.5 Å². The van der Waals surface area contributed by atoms with Crippen LogP contribution in [0.3, 0.4) is 0 Å². The van der Waals surface area contributed by atoms with Crippen LogP contribution in [-0.2, 0) is 9.59 Å². The van der Waals surface area contributed by atoms with E-state index in [4.69, 9.17) is 9.84 Å². The number of carboxylic acids is 1. The molecule has 0 aromatic heterocycles. The highest BCUT2D eigenvalue weighted by molar-refractivity contribution is 9.10.